The maximum atomic E-state index is 11.9. The van der Waals surface area contributed by atoms with E-state index in [1.54, 1.807) is 42.6 Å². The molecule has 3 amide bonds. The maximum absolute atomic E-state index is 11.9. The monoisotopic (exact) mass is 378 g/mol. The maximum Gasteiger partial charge on any atom is 0.325 e. The van der Waals surface area contributed by atoms with Crippen LogP contribution in [-0.2, 0) is 4.79 Å². The first kappa shape index (κ1) is 18.8. The Labute approximate surface area is 161 Å². The predicted molar refractivity (Wildman–Crippen MR) is 103 cm³/mol. The lowest BCUT2D eigenvalue weighted by molar-refractivity contribution is -0.121. The van der Waals surface area contributed by atoms with E-state index in [4.69, 9.17) is 4.74 Å². The Morgan fingerprint density at radius 3 is 2.61 bits per heavy atom. The highest BCUT2D eigenvalue weighted by Crippen LogP contribution is 2.11. The van der Waals surface area contributed by atoms with Gasteiger partial charge < -0.3 is 10.1 Å². The van der Waals surface area contributed by atoms with Gasteiger partial charge in [0.1, 0.15) is 18.4 Å². The molecular weight excluding hydrogens is 360 g/mol. The molecule has 0 aliphatic carbocycles. The lowest BCUT2D eigenvalue weighted by atomic mass is 10.2. The summed E-state index contributed by atoms with van der Waals surface area (Å²) in [6, 6.07) is 13.6. The SMILES string of the molecule is Cc1cccc(NC(=O)NC(=O)COc2ccc(/C=N/n3cnnc3)cc2)c1. The molecule has 3 aromatic rings. The number of nitrogens with one attached hydrogen (secondary N) is 2. The lowest BCUT2D eigenvalue weighted by Crippen LogP contribution is -2.37. The van der Waals surface area contributed by atoms with Crippen molar-refractivity contribution in [1.29, 1.82) is 0 Å². The molecule has 3 rings (SSSR count). The summed E-state index contributed by atoms with van der Waals surface area (Å²) in [5.41, 5.74) is 2.45. The fourth-order valence-electron chi connectivity index (χ4n) is 2.24. The molecule has 0 bridgehead atoms. The molecular formula is C19H18N6O3. The molecule has 0 spiro atoms. The number of anilines is 1. The van der Waals surface area contributed by atoms with Gasteiger partial charge in [-0.2, -0.15) is 5.10 Å². The third-order valence-corrected chi connectivity index (χ3v) is 3.53. The third-order valence-electron chi connectivity index (χ3n) is 3.53. The Morgan fingerprint density at radius 1 is 1.14 bits per heavy atom. The van der Waals surface area contributed by atoms with Gasteiger partial charge in [0.15, 0.2) is 6.61 Å². The number of benzene rings is 2. The summed E-state index contributed by atoms with van der Waals surface area (Å²) < 4.78 is 6.85. The normalized spacial score (nSPS) is 10.6. The first-order valence-corrected chi connectivity index (χ1v) is 8.38. The minimum Gasteiger partial charge on any atom is -0.484 e. The molecule has 1 aromatic heterocycles. The van der Waals surface area contributed by atoms with E-state index in [0.29, 0.717) is 11.4 Å². The van der Waals surface area contributed by atoms with Crippen LogP contribution in [0.25, 0.3) is 0 Å². The molecule has 0 saturated carbocycles. The van der Waals surface area contributed by atoms with E-state index >= 15 is 0 Å². The summed E-state index contributed by atoms with van der Waals surface area (Å²) in [6.45, 7) is 1.63. The van der Waals surface area contributed by atoms with Crippen LogP contribution in [0, 0.1) is 6.92 Å². The van der Waals surface area contributed by atoms with Crippen molar-refractivity contribution in [3.8, 4) is 5.75 Å². The molecule has 9 nitrogen and oxygen atoms in total. The van der Waals surface area contributed by atoms with E-state index in [9.17, 15) is 9.59 Å². The summed E-state index contributed by atoms with van der Waals surface area (Å²) in [5.74, 6) is -0.0564. The number of imide groups is 1. The molecule has 0 unspecified atom stereocenters. The summed E-state index contributed by atoms with van der Waals surface area (Å²) >= 11 is 0. The van der Waals surface area contributed by atoms with Gasteiger partial charge in [-0.05, 0) is 54.4 Å². The van der Waals surface area contributed by atoms with Crippen molar-refractivity contribution in [3.05, 3.63) is 72.3 Å². The number of aromatic nitrogens is 3. The molecule has 142 valence electrons. The van der Waals surface area contributed by atoms with Gasteiger partial charge in [-0.1, -0.05) is 12.1 Å². The number of amides is 3. The number of aryl methyl sites for hydroxylation is 1. The quantitative estimate of drug-likeness (QED) is 0.639. The minimum absolute atomic E-state index is 0.282. The van der Waals surface area contributed by atoms with Crippen LogP contribution in [0.5, 0.6) is 5.75 Å². The molecule has 28 heavy (non-hydrogen) atoms. The predicted octanol–water partition coefficient (Wildman–Crippen LogP) is 2.20. The molecule has 2 aromatic carbocycles. The Balaban J connectivity index is 1.44. The average molecular weight is 378 g/mol. The Bertz CT molecular complexity index is 968. The number of hydrogen-bond donors (Lipinski definition) is 2. The van der Waals surface area contributed by atoms with Crippen molar-refractivity contribution in [2.45, 2.75) is 6.92 Å². The zero-order valence-electron chi connectivity index (χ0n) is 15.1. The van der Waals surface area contributed by atoms with Crippen molar-refractivity contribution in [3.63, 3.8) is 0 Å². The standard InChI is InChI=1S/C19H18N6O3/c1-14-3-2-4-16(9-14)23-19(27)24-18(26)11-28-17-7-5-15(6-8-17)10-22-25-12-20-21-13-25/h2-10,12-13H,11H2,1H3,(H2,23,24,26,27)/b22-10+. The smallest absolute Gasteiger partial charge is 0.325 e. The van der Waals surface area contributed by atoms with E-state index in [2.05, 4.69) is 25.9 Å². The van der Waals surface area contributed by atoms with Crippen LogP contribution >= 0.6 is 0 Å². The van der Waals surface area contributed by atoms with Crippen molar-refractivity contribution in [1.82, 2.24) is 20.2 Å². The van der Waals surface area contributed by atoms with Crippen LogP contribution in [-0.4, -0.2) is 39.6 Å². The van der Waals surface area contributed by atoms with Crippen LogP contribution in [0.2, 0.25) is 0 Å². The third kappa shape index (κ3) is 5.77. The second kappa shape index (κ2) is 9.08. The van der Waals surface area contributed by atoms with E-state index < -0.39 is 11.9 Å². The molecule has 0 atom stereocenters. The van der Waals surface area contributed by atoms with Gasteiger partial charge >= 0.3 is 6.03 Å². The summed E-state index contributed by atoms with van der Waals surface area (Å²) in [6.07, 6.45) is 4.58. The number of hydrogen-bond acceptors (Lipinski definition) is 6. The molecule has 0 fully saturated rings. The van der Waals surface area contributed by atoms with Gasteiger partial charge in [0.25, 0.3) is 5.91 Å². The zero-order chi connectivity index (χ0) is 19.8. The van der Waals surface area contributed by atoms with Gasteiger partial charge in [-0.3, -0.25) is 10.1 Å². The van der Waals surface area contributed by atoms with Crippen LogP contribution in [0.1, 0.15) is 11.1 Å². The fraction of sp³-hybridized carbons (Fsp3) is 0.105. The lowest BCUT2D eigenvalue weighted by Gasteiger charge is -2.08. The molecule has 2 N–H and O–H groups in total. The van der Waals surface area contributed by atoms with Crippen LogP contribution in [0.15, 0.2) is 66.3 Å². The molecule has 0 aliphatic heterocycles. The zero-order valence-corrected chi connectivity index (χ0v) is 15.1. The number of urea groups is 1. The van der Waals surface area contributed by atoms with E-state index in [0.717, 1.165) is 11.1 Å². The number of carbonyl (C=O) groups excluding carboxylic acids is 2. The topological polar surface area (TPSA) is 110 Å². The van der Waals surface area contributed by atoms with Gasteiger partial charge in [0.2, 0.25) is 0 Å². The average Bonchev–Trinajstić information content (AvgIpc) is 3.19. The number of ether oxygens (including phenoxy) is 1. The molecule has 9 heteroatoms. The Hall–Kier alpha value is -4.01. The van der Waals surface area contributed by atoms with Gasteiger partial charge in [0, 0.05) is 5.69 Å². The van der Waals surface area contributed by atoms with Crippen molar-refractivity contribution in [2.75, 3.05) is 11.9 Å². The Morgan fingerprint density at radius 2 is 1.89 bits per heavy atom. The highest BCUT2D eigenvalue weighted by atomic mass is 16.5. The summed E-state index contributed by atoms with van der Waals surface area (Å²) in [4.78, 5) is 23.7. The molecule has 0 aliphatic rings. The van der Waals surface area contributed by atoms with Gasteiger partial charge in [-0.15, -0.1) is 10.2 Å². The van der Waals surface area contributed by atoms with E-state index in [-0.39, 0.29) is 6.61 Å². The first-order valence-electron chi connectivity index (χ1n) is 8.38. The molecule has 0 radical (unpaired) electrons. The van der Waals surface area contributed by atoms with Crippen LogP contribution in [0.4, 0.5) is 10.5 Å². The largest absolute Gasteiger partial charge is 0.484 e. The van der Waals surface area contributed by atoms with Crippen LogP contribution in [0.3, 0.4) is 0 Å². The van der Waals surface area contributed by atoms with Crippen molar-refractivity contribution >= 4 is 23.8 Å². The Kier molecular flexibility index (Phi) is 6.09. The minimum atomic E-state index is -0.611. The van der Waals surface area contributed by atoms with Crippen LogP contribution < -0.4 is 15.4 Å². The molecule has 1 heterocycles. The highest BCUT2D eigenvalue weighted by Gasteiger charge is 2.09. The molecule has 0 saturated heterocycles. The number of nitrogens with zero attached hydrogens (tertiary/aromatic N) is 4. The van der Waals surface area contributed by atoms with E-state index in [1.165, 1.54) is 17.3 Å². The fourth-order valence-corrected chi connectivity index (χ4v) is 2.24. The summed E-state index contributed by atoms with van der Waals surface area (Å²) in [7, 11) is 0. The second-order valence-corrected chi connectivity index (χ2v) is 5.82. The highest BCUT2D eigenvalue weighted by molar-refractivity contribution is 6.01. The van der Waals surface area contributed by atoms with Gasteiger partial charge in [0.05, 0.1) is 6.21 Å². The summed E-state index contributed by atoms with van der Waals surface area (Å²) in [5, 5.41) is 16.2. The van der Waals surface area contributed by atoms with Crippen molar-refractivity contribution < 1.29 is 14.3 Å². The van der Waals surface area contributed by atoms with Crippen molar-refractivity contribution in [2.24, 2.45) is 5.10 Å². The number of rotatable bonds is 6. The van der Waals surface area contributed by atoms with E-state index in [1.807, 2.05) is 19.1 Å². The second-order valence-electron chi connectivity index (χ2n) is 5.82. The number of carbonyl (C=O) groups is 2. The first-order chi connectivity index (χ1) is 13.6. The van der Waals surface area contributed by atoms with Gasteiger partial charge in [-0.25, -0.2) is 9.47 Å².